The van der Waals surface area contributed by atoms with Crippen molar-refractivity contribution in [2.24, 2.45) is 5.84 Å². The smallest absolute Gasteiger partial charge is 0.275 e. The predicted octanol–water partition coefficient (Wildman–Crippen LogP) is 0.966. The monoisotopic (exact) mass is 256 g/mol. The fourth-order valence-electron chi connectivity index (χ4n) is 1.70. The summed E-state index contributed by atoms with van der Waals surface area (Å²) in [6.45, 7) is 3.93. The van der Waals surface area contributed by atoms with Crippen molar-refractivity contribution >= 4 is 17.2 Å². The molecule has 94 valence electrons. The summed E-state index contributed by atoms with van der Waals surface area (Å²) in [6.07, 6.45) is 1.13. The van der Waals surface area contributed by atoms with Crippen molar-refractivity contribution in [1.82, 2.24) is 5.43 Å². The zero-order valence-corrected chi connectivity index (χ0v) is 10.5. The Kier molecular flexibility index (Phi) is 4.11. The van der Waals surface area contributed by atoms with E-state index in [1.807, 2.05) is 13.0 Å². The van der Waals surface area contributed by atoms with Gasteiger partial charge in [-0.25, -0.2) is 5.84 Å². The van der Waals surface area contributed by atoms with E-state index >= 15 is 0 Å². The first-order valence-corrected chi connectivity index (χ1v) is 6.32. The summed E-state index contributed by atoms with van der Waals surface area (Å²) >= 11 is 1.43. The molecular formula is C11H16N2O3S. The van der Waals surface area contributed by atoms with E-state index in [1.165, 1.54) is 11.3 Å². The third-order valence-electron chi connectivity index (χ3n) is 2.74. The van der Waals surface area contributed by atoms with Gasteiger partial charge in [0.2, 0.25) is 0 Å². The maximum Gasteiger partial charge on any atom is 0.275 e. The minimum absolute atomic E-state index is 0.182. The molecule has 0 radical (unpaired) electrons. The van der Waals surface area contributed by atoms with Crippen LogP contribution in [0.5, 0.6) is 0 Å². The highest BCUT2D eigenvalue weighted by atomic mass is 32.1. The first-order chi connectivity index (χ1) is 8.20. The highest BCUT2D eigenvalue weighted by Gasteiger charge is 2.17. The molecule has 1 aliphatic rings. The molecule has 1 unspecified atom stereocenters. The normalized spacial score (nSPS) is 19.5. The molecule has 1 fully saturated rings. The topological polar surface area (TPSA) is 73.6 Å². The average molecular weight is 256 g/mol. The summed E-state index contributed by atoms with van der Waals surface area (Å²) in [7, 11) is 0. The van der Waals surface area contributed by atoms with Gasteiger partial charge < -0.3 is 9.47 Å². The number of carbonyl (C=O) groups is 1. The van der Waals surface area contributed by atoms with E-state index in [1.54, 1.807) is 0 Å². The number of nitrogen functional groups attached to an aromatic ring is 1. The molecule has 2 heterocycles. The van der Waals surface area contributed by atoms with Crippen LogP contribution in [0.3, 0.4) is 0 Å². The SMILES string of the molecule is Cc1sc(C(=O)NN)cc1COC1CCOC1. The molecule has 6 heteroatoms. The molecule has 1 aliphatic heterocycles. The maximum absolute atomic E-state index is 11.4. The van der Waals surface area contributed by atoms with Gasteiger partial charge in [0.15, 0.2) is 0 Å². The predicted molar refractivity (Wildman–Crippen MR) is 64.7 cm³/mol. The quantitative estimate of drug-likeness (QED) is 0.478. The zero-order chi connectivity index (χ0) is 12.3. The molecule has 1 saturated heterocycles. The molecule has 1 aromatic rings. The van der Waals surface area contributed by atoms with Crippen molar-refractivity contribution in [2.45, 2.75) is 26.1 Å². The lowest BCUT2D eigenvalue weighted by atomic mass is 10.2. The van der Waals surface area contributed by atoms with E-state index in [4.69, 9.17) is 15.3 Å². The molecular weight excluding hydrogens is 240 g/mol. The van der Waals surface area contributed by atoms with Gasteiger partial charge in [-0.2, -0.15) is 0 Å². The molecule has 5 nitrogen and oxygen atoms in total. The standard InChI is InChI=1S/C11H16N2O3S/c1-7-8(4-10(17-7)11(14)13-12)5-16-9-2-3-15-6-9/h4,9H,2-3,5-6,12H2,1H3,(H,13,14). The number of rotatable bonds is 4. The van der Waals surface area contributed by atoms with Crippen LogP contribution in [-0.4, -0.2) is 25.2 Å². The minimum atomic E-state index is -0.256. The average Bonchev–Trinajstić information content (AvgIpc) is 2.95. The van der Waals surface area contributed by atoms with Gasteiger partial charge in [-0.15, -0.1) is 11.3 Å². The van der Waals surface area contributed by atoms with Gasteiger partial charge in [-0.3, -0.25) is 10.2 Å². The molecule has 3 N–H and O–H groups in total. The Morgan fingerprint density at radius 3 is 3.24 bits per heavy atom. The summed E-state index contributed by atoms with van der Waals surface area (Å²) in [6, 6.07) is 1.83. The fourth-order valence-corrected chi connectivity index (χ4v) is 2.63. The van der Waals surface area contributed by atoms with Crippen molar-refractivity contribution in [3.63, 3.8) is 0 Å². The summed E-state index contributed by atoms with van der Waals surface area (Å²) in [5, 5.41) is 0. The van der Waals surface area contributed by atoms with Crippen LogP contribution in [0.4, 0.5) is 0 Å². The third-order valence-corrected chi connectivity index (χ3v) is 3.83. The summed E-state index contributed by atoms with van der Waals surface area (Å²) in [4.78, 5) is 13.1. The van der Waals surface area contributed by atoms with Crippen LogP contribution in [0.25, 0.3) is 0 Å². The van der Waals surface area contributed by atoms with E-state index < -0.39 is 0 Å². The summed E-state index contributed by atoms with van der Waals surface area (Å²) in [5.74, 6) is 4.84. The Bertz CT molecular complexity index is 399. The first kappa shape index (κ1) is 12.5. The highest BCUT2D eigenvalue weighted by molar-refractivity contribution is 7.14. The van der Waals surface area contributed by atoms with Gasteiger partial charge in [0, 0.05) is 11.5 Å². The van der Waals surface area contributed by atoms with Gasteiger partial charge in [0.05, 0.1) is 24.2 Å². The van der Waals surface area contributed by atoms with Crippen molar-refractivity contribution < 1.29 is 14.3 Å². The Morgan fingerprint density at radius 2 is 2.59 bits per heavy atom. The second kappa shape index (κ2) is 5.59. The molecule has 1 atom stereocenters. The lowest BCUT2D eigenvalue weighted by molar-refractivity contribution is 0.0317. The molecule has 1 aromatic heterocycles. The van der Waals surface area contributed by atoms with Crippen LogP contribution in [0, 0.1) is 6.92 Å². The van der Waals surface area contributed by atoms with E-state index in [-0.39, 0.29) is 12.0 Å². The number of aryl methyl sites for hydroxylation is 1. The number of amides is 1. The number of ether oxygens (including phenoxy) is 2. The van der Waals surface area contributed by atoms with Crippen molar-refractivity contribution in [2.75, 3.05) is 13.2 Å². The van der Waals surface area contributed by atoms with Crippen LogP contribution in [0.2, 0.25) is 0 Å². The molecule has 0 aliphatic carbocycles. The Balaban J connectivity index is 1.95. The van der Waals surface area contributed by atoms with Gasteiger partial charge in [-0.1, -0.05) is 0 Å². The molecule has 0 bridgehead atoms. The van der Waals surface area contributed by atoms with E-state index in [9.17, 15) is 4.79 Å². The number of nitrogens with two attached hydrogens (primary N) is 1. The molecule has 0 aromatic carbocycles. The zero-order valence-electron chi connectivity index (χ0n) is 9.69. The maximum atomic E-state index is 11.4. The Morgan fingerprint density at radius 1 is 1.76 bits per heavy atom. The Hall–Kier alpha value is -0.950. The van der Waals surface area contributed by atoms with E-state index in [2.05, 4.69) is 5.43 Å². The van der Waals surface area contributed by atoms with Crippen LogP contribution in [-0.2, 0) is 16.1 Å². The fraction of sp³-hybridized carbons (Fsp3) is 0.545. The van der Waals surface area contributed by atoms with Crippen LogP contribution < -0.4 is 11.3 Å². The van der Waals surface area contributed by atoms with Crippen LogP contribution in [0.15, 0.2) is 6.07 Å². The lowest BCUT2D eigenvalue weighted by Crippen LogP contribution is -2.29. The van der Waals surface area contributed by atoms with Gasteiger partial charge in [-0.05, 0) is 25.0 Å². The minimum Gasteiger partial charge on any atom is -0.379 e. The first-order valence-electron chi connectivity index (χ1n) is 5.50. The van der Waals surface area contributed by atoms with E-state index in [0.717, 1.165) is 23.5 Å². The number of hydrogen-bond acceptors (Lipinski definition) is 5. The summed E-state index contributed by atoms with van der Waals surface area (Å²) in [5.41, 5.74) is 3.17. The molecule has 0 spiro atoms. The second-order valence-electron chi connectivity index (χ2n) is 3.96. The van der Waals surface area contributed by atoms with Gasteiger partial charge >= 0.3 is 0 Å². The molecule has 17 heavy (non-hydrogen) atoms. The lowest BCUT2D eigenvalue weighted by Gasteiger charge is -2.08. The van der Waals surface area contributed by atoms with E-state index in [0.29, 0.717) is 18.1 Å². The number of hydrazine groups is 1. The van der Waals surface area contributed by atoms with Crippen molar-refractivity contribution in [3.8, 4) is 0 Å². The second-order valence-corrected chi connectivity index (χ2v) is 5.22. The van der Waals surface area contributed by atoms with Crippen molar-refractivity contribution in [3.05, 3.63) is 21.4 Å². The van der Waals surface area contributed by atoms with Gasteiger partial charge in [0.1, 0.15) is 0 Å². The van der Waals surface area contributed by atoms with Crippen LogP contribution >= 0.6 is 11.3 Å². The number of nitrogens with one attached hydrogen (secondary N) is 1. The number of carbonyl (C=O) groups excluding carboxylic acids is 1. The molecule has 0 saturated carbocycles. The molecule has 2 rings (SSSR count). The van der Waals surface area contributed by atoms with Gasteiger partial charge in [0.25, 0.3) is 5.91 Å². The third kappa shape index (κ3) is 3.04. The number of thiophene rings is 1. The van der Waals surface area contributed by atoms with Crippen molar-refractivity contribution in [1.29, 1.82) is 0 Å². The largest absolute Gasteiger partial charge is 0.379 e. The summed E-state index contributed by atoms with van der Waals surface area (Å²) < 4.78 is 10.9. The highest BCUT2D eigenvalue weighted by Crippen LogP contribution is 2.23. The van der Waals surface area contributed by atoms with Crippen LogP contribution in [0.1, 0.15) is 26.5 Å². The molecule has 1 amide bonds. The Labute approximate surface area is 104 Å². The number of hydrogen-bond donors (Lipinski definition) is 2.